The molecule has 1 aliphatic rings. The van der Waals surface area contributed by atoms with E-state index in [0.717, 1.165) is 37.0 Å². The molecule has 0 atom stereocenters. The molecule has 1 saturated heterocycles. The average molecular weight is 500 g/mol. The monoisotopic (exact) mass is 499 g/mol. The SMILES string of the molecule is CCOC(=O)Cn1c(=NC(=O)CS(=O)(=O)CC(=O)N2CCCCCC2)sc2cc(F)ccc21. The first-order valence-corrected chi connectivity index (χ1v) is 13.3. The Kier molecular flexibility index (Phi) is 8.35. The maximum atomic E-state index is 13.6. The molecule has 12 heteroatoms. The number of rotatable bonds is 7. The van der Waals surface area contributed by atoms with Crippen LogP contribution in [0.1, 0.15) is 32.6 Å². The fraction of sp³-hybridized carbons (Fsp3) is 0.524. The zero-order valence-electron chi connectivity index (χ0n) is 18.3. The van der Waals surface area contributed by atoms with Crippen molar-refractivity contribution < 1.29 is 31.9 Å². The number of sulfone groups is 1. The highest BCUT2D eigenvalue weighted by molar-refractivity contribution is 7.92. The highest BCUT2D eigenvalue weighted by Gasteiger charge is 2.25. The summed E-state index contributed by atoms with van der Waals surface area (Å²) < 4.78 is 45.4. The molecule has 3 rings (SSSR count). The van der Waals surface area contributed by atoms with Gasteiger partial charge in [0.2, 0.25) is 5.91 Å². The van der Waals surface area contributed by atoms with E-state index in [2.05, 4.69) is 4.99 Å². The molecule has 0 bridgehead atoms. The number of carbonyl (C=O) groups excluding carboxylic acids is 3. The predicted molar refractivity (Wildman–Crippen MR) is 121 cm³/mol. The summed E-state index contributed by atoms with van der Waals surface area (Å²) >= 11 is 0.949. The Morgan fingerprint density at radius 2 is 1.82 bits per heavy atom. The Morgan fingerprint density at radius 3 is 2.48 bits per heavy atom. The summed E-state index contributed by atoms with van der Waals surface area (Å²) in [6, 6.07) is 3.89. The van der Waals surface area contributed by atoms with E-state index in [9.17, 15) is 27.2 Å². The summed E-state index contributed by atoms with van der Waals surface area (Å²) in [5.74, 6) is -4.25. The quantitative estimate of drug-likeness (QED) is 0.535. The number of thiazole rings is 1. The van der Waals surface area contributed by atoms with Gasteiger partial charge in [-0.25, -0.2) is 12.8 Å². The van der Waals surface area contributed by atoms with Gasteiger partial charge in [0, 0.05) is 13.1 Å². The van der Waals surface area contributed by atoms with E-state index < -0.39 is 44.9 Å². The minimum atomic E-state index is -4.03. The number of ether oxygens (including phenoxy) is 1. The Hall–Kier alpha value is -2.60. The second-order valence-corrected chi connectivity index (χ2v) is 10.8. The predicted octanol–water partition coefficient (Wildman–Crippen LogP) is 1.65. The fourth-order valence-electron chi connectivity index (χ4n) is 3.60. The van der Waals surface area contributed by atoms with E-state index in [4.69, 9.17) is 4.74 Å². The van der Waals surface area contributed by atoms with Gasteiger partial charge in [0.15, 0.2) is 14.6 Å². The Balaban J connectivity index is 1.81. The van der Waals surface area contributed by atoms with Crippen molar-refractivity contribution in [1.82, 2.24) is 9.47 Å². The molecule has 0 spiro atoms. The number of esters is 1. The van der Waals surface area contributed by atoms with Gasteiger partial charge in [-0.2, -0.15) is 4.99 Å². The first-order chi connectivity index (χ1) is 15.7. The lowest BCUT2D eigenvalue weighted by molar-refractivity contribution is -0.143. The zero-order valence-corrected chi connectivity index (χ0v) is 19.9. The number of carbonyl (C=O) groups is 3. The van der Waals surface area contributed by atoms with Gasteiger partial charge in [-0.3, -0.25) is 14.4 Å². The number of nitrogens with zero attached hydrogens (tertiary/aromatic N) is 3. The number of benzene rings is 1. The van der Waals surface area contributed by atoms with Gasteiger partial charge in [0.1, 0.15) is 23.9 Å². The van der Waals surface area contributed by atoms with Gasteiger partial charge in [0.05, 0.1) is 16.8 Å². The normalized spacial score (nSPS) is 15.5. The standard InChI is InChI=1S/C21H26FN3O6S2/c1-2-31-20(28)12-25-16-8-7-15(22)11-17(16)32-21(25)23-18(26)13-33(29,30)14-19(27)24-9-5-3-4-6-10-24/h7-8,11H,2-6,9-10,12-14H2,1H3. The van der Waals surface area contributed by atoms with Crippen LogP contribution in [0.3, 0.4) is 0 Å². The number of hydrogen-bond donors (Lipinski definition) is 0. The molecular formula is C21H26FN3O6S2. The lowest BCUT2D eigenvalue weighted by Gasteiger charge is -2.19. The van der Waals surface area contributed by atoms with Crippen molar-refractivity contribution in [3.63, 3.8) is 0 Å². The average Bonchev–Trinajstić information content (AvgIpc) is 2.90. The van der Waals surface area contributed by atoms with Gasteiger partial charge >= 0.3 is 5.97 Å². The molecule has 1 aromatic heterocycles. The van der Waals surface area contributed by atoms with Gasteiger partial charge in [-0.15, -0.1) is 0 Å². The minimum absolute atomic E-state index is 0.0442. The number of amides is 2. The van der Waals surface area contributed by atoms with Crippen LogP contribution in [0.25, 0.3) is 10.2 Å². The largest absolute Gasteiger partial charge is 0.465 e. The molecular weight excluding hydrogens is 473 g/mol. The van der Waals surface area contributed by atoms with Crippen molar-refractivity contribution in [2.45, 2.75) is 39.2 Å². The Morgan fingerprint density at radius 1 is 1.12 bits per heavy atom. The molecule has 33 heavy (non-hydrogen) atoms. The number of hydrogen-bond acceptors (Lipinski definition) is 7. The van der Waals surface area contributed by atoms with Gasteiger partial charge in [0.25, 0.3) is 5.91 Å². The van der Waals surface area contributed by atoms with Crippen molar-refractivity contribution in [2.75, 3.05) is 31.2 Å². The van der Waals surface area contributed by atoms with Gasteiger partial charge in [-0.1, -0.05) is 24.2 Å². The third kappa shape index (κ3) is 6.94. The Labute approximate surface area is 194 Å². The van der Waals surface area contributed by atoms with Crippen molar-refractivity contribution in [3.05, 3.63) is 28.8 Å². The summed E-state index contributed by atoms with van der Waals surface area (Å²) in [6.07, 6.45) is 3.65. The molecule has 2 amide bonds. The lowest BCUT2D eigenvalue weighted by atomic mass is 10.2. The molecule has 1 aromatic carbocycles. The number of aromatic nitrogens is 1. The molecule has 0 radical (unpaired) electrons. The maximum absolute atomic E-state index is 13.6. The summed E-state index contributed by atoms with van der Waals surface area (Å²) in [7, 11) is -4.03. The maximum Gasteiger partial charge on any atom is 0.326 e. The number of halogens is 1. The second-order valence-electron chi connectivity index (χ2n) is 7.72. The van der Waals surface area contributed by atoms with Crippen LogP contribution in [-0.4, -0.2) is 66.9 Å². The third-order valence-electron chi connectivity index (χ3n) is 5.10. The van der Waals surface area contributed by atoms with E-state index in [-0.39, 0.29) is 18.0 Å². The van der Waals surface area contributed by atoms with Crippen LogP contribution in [0.2, 0.25) is 0 Å². The number of likely N-dealkylation sites (tertiary alicyclic amines) is 1. The second kappa shape index (κ2) is 11.0. The van der Waals surface area contributed by atoms with E-state index in [0.29, 0.717) is 23.3 Å². The molecule has 0 N–H and O–H groups in total. The minimum Gasteiger partial charge on any atom is -0.465 e. The highest BCUT2D eigenvalue weighted by atomic mass is 32.2. The van der Waals surface area contributed by atoms with Crippen LogP contribution in [0.5, 0.6) is 0 Å². The smallest absolute Gasteiger partial charge is 0.326 e. The van der Waals surface area contributed by atoms with Crippen LogP contribution in [-0.2, 0) is 35.5 Å². The molecule has 0 unspecified atom stereocenters. The van der Waals surface area contributed by atoms with Crippen molar-refractivity contribution in [1.29, 1.82) is 0 Å². The number of fused-ring (bicyclic) bond motifs is 1. The molecule has 0 saturated carbocycles. The highest BCUT2D eigenvalue weighted by Crippen LogP contribution is 2.19. The molecule has 2 aromatic rings. The van der Waals surface area contributed by atoms with Gasteiger partial charge < -0.3 is 14.2 Å². The summed E-state index contributed by atoms with van der Waals surface area (Å²) in [4.78, 5) is 42.3. The molecule has 2 heterocycles. The summed E-state index contributed by atoms with van der Waals surface area (Å²) in [5, 5.41) is 0. The molecule has 1 fully saturated rings. The van der Waals surface area contributed by atoms with Crippen molar-refractivity contribution in [3.8, 4) is 0 Å². The van der Waals surface area contributed by atoms with Crippen LogP contribution < -0.4 is 4.80 Å². The fourth-order valence-corrected chi connectivity index (χ4v) is 5.77. The first kappa shape index (κ1) is 25.0. The van der Waals surface area contributed by atoms with Crippen LogP contribution in [0.4, 0.5) is 4.39 Å². The topological polar surface area (TPSA) is 115 Å². The van der Waals surface area contributed by atoms with E-state index in [1.807, 2.05) is 0 Å². The third-order valence-corrected chi connectivity index (χ3v) is 7.52. The van der Waals surface area contributed by atoms with Crippen molar-refractivity contribution >= 4 is 49.2 Å². The Bertz CT molecular complexity index is 1210. The van der Waals surface area contributed by atoms with Crippen LogP contribution in [0, 0.1) is 5.82 Å². The van der Waals surface area contributed by atoms with Gasteiger partial charge in [-0.05, 0) is 38.0 Å². The van der Waals surface area contributed by atoms with E-state index in [1.165, 1.54) is 27.7 Å². The van der Waals surface area contributed by atoms with E-state index >= 15 is 0 Å². The zero-order chi connectivity index (χ0) is 24.0. The summed E-state index contributed by atoms with van der Waals surface area (Å²) in [6.45, 7) is 2.56. The molecule has 180 valence electrons. The lowest BCUT2D eigenvalue weighted by Crippen LogP contribution is -2.37. The van der Waals surface area contributed by atoms with Crippen LogP contribution >= 0.6 is 11.3 Å². The van der Waals surface area contributed by atoms with Crippen molar-refractivity contribution in [2.24, 2.45) is 4.99 Å². The summed E-state index contributed by atoms with van der Waals surface area (Å²) in [5.41, 5.74) is 0.459. The van der Waals surface area contributed by atoms with Crippen LogP contribution in [0.15, 0.2) is 23.2 Å². The molecule has 1 aliphatic heterocycles. The molecule has 9 nitrogen and oxygen atoms in total. The van der Waals surface area contributed by atoms with E-state index in [1.54, 1.807) is 6.92 Å². The first-order valence-electron chi connectivity index (χ1n) is 10.7. The molecule has 0 aliphatic carbocycles.